The van der Waals surface area contributed by atoms with Crippen LogP contribution in [0.5, 0.6) is 0 Å². The Labute approximate surface area is 149 Å². The summed E-state index contributed by atoms with van der Waals surface area (Å²) in [6.07, 6.45) is -3.53. The molecule has 0 bridgehead atoms. The highest BCUT2D eigenvalue weighted by Gasteiger charge is 2.50. The van der Waals surface area contributed by atoms with E-state index in [4.69, 9.17) is 28.5 Å². The van der Waals surface area contributed by atoms with E-state index < -0.39 is 49.7 Å². The van der Waals surface area contributed by atoms with Crippen molar-refractivity contribution < 1.29 is 33.1 Å². The zero-order valence-electron chi connectivity index (χ0n) is 14.8. The van der Waals surface area contributed by atoms with Crippen LogP contribution in [-0.2, 0) is 23.3 Å². The lowest BCUT2D eigenvalue weighted by molar-refractivity contribution is -0.101. The summed E-state index contributed by atoms with van der Waals surface area (Å²) in [4.78, 5) is 43.6. The van der Waals surface area contributed by atoms with Crippen molar-refractivity contribution in [2.24, 2.45) is 0 Å². The molecule has 1 fully saturated rings. The number of rotatable bonds is 7. The van der Waals surface area contributed by atoms with Crippen molar-refractivity contribution in [1.29, 1.82) is 0 Å². The minimum Gasteiger partial charge on any atom is -0.374 e. The molecule has 0 saturated carbocycles. The highest BCUT2D eigenvalue weighted by molar-refractivity contribution is 7.46. The zero-order chi connectivity index (χ0) is 19.6. The lowest BCUT2D eigenvalue weighted by atomic mass is 10.1. The molecule has 26 heavy (non-hydrogen) atoms. The Bertz CT molecular complexity index is 770. The topological polar surface area (TPSA) is 149 Å². The van der Waals surface area contributed by atoms with Gasteiger partial charge in [-0.3, -0.25) is 18.9 Å². The molecule has 2 rings (SSSR count). The van der Waals surface area contributed by atoms with E-state index in [2.05, 4.69) is 4.98 Å². The molecule has 0 amide bonds. The molecular weight excluding hydrogens is 371 g/mol. The third kappa shape index (κ3) is 4.89. The maximum Gasteiger partial charge on any atom is 0.469 e. The Balaban J connectivity index is 2.40. The monoisotopic (exact) mass is 394 g/mol. The van der Waals surface area contributed by atoms with Crippen molar-refractivity contribution in [3.05, 3.63) is 33.1 Å². The lowest BCUT2D eigenvalue weighted by Crippen LogP contribution is -2.43. The zero-order valence-corrected chi connectivity index (χ0v) is 15.7. The van der Waals surface area contributed by atoms with Crippen LogP contribution < -0.4 is 11.2 Å². The summed E-state index contributed by atoms with van der Waals surface area (Å²) < 4.78 is 34.1. The molecule has 148 valence electrons. The predicted molar refractivity (Wildman–Crippen MR) is 88.6 cm³/mol. The highest BCUT2D eigenvalue weighted by atomic mass is 31.2. The van der Waals surface area contributed by atoms with Gasteiger partial charge in [-0.25, -0.2) is 9.36 Å². The first-order valence-corrected chi connectivity index (χ1v) is 9.45. The number of methoxy groups -OCH3 is 1. The van der Waals surface area contributed by atoms with E-state index in [1.807, 2.05) is 0 Å². The summed E-state index contributed by atoms with van der Waals surface area (Å²) in [5, 5.41) is 0. The number of phosphoric acid groups is 1. The number of nitrogens with one attached hydrogen (secondary N) is 1. The summed E-state index contributed by atoms with van der Waals surface area (Å²) in [5.74, 6) is 0. The van der Waals surface area contributed by atoms with Crippen LogP contribution in [0.3, 0.4) is 0 Å². The van der Waals surface area contributed by atoms with Gasteiger partial charge in [0.15, 0.2) is 6.23 Å². The number of hydrogen-bond donors (Lipinski definition) is 3. The van der Waals surface area contributed by atoms with E-state index in [-0.39, 0.29) is 6.10 Å². The molecule has 0 aliphatic carbocycles. The number of hydrogen-bond acceptors (Lipinski definition) is 7. The van der Waals surface area contributed by atoms with Gasteiger partial charge in [0.2, 0.25) is 0 Å². The fourth-order valence-corrected chi connectivity index (χ4v) is 3.44. The minimum atomic E-state index is -4.76. The maximum atomic E-state index is 12.1. The standard InChI is InChI=1S/C14H23N2O9P/c1-7(2)23-11-10(8(3)25-26(19,20)21)24-13(12(11)22-4)16-6-5-9(17)15-14(16)18/h5-8,10-13H,1-4H3,(H,15,17,18)(H2,19,20,21)/t8?,10-,11+,12?,13-/m1/s1. The van der Waals surface area contributed by atoms with Crippen molar-refractivity contribution in [2.75, 3.05) is 7.11 Å². The predicted octanol–water partition coefficient (Wildman–Crippen LogP) is -0.260. The number of phosphoric ester groups is 1. The number of aromatic amines is 1. The molecule has 3 N–H and O–H groups in total. The van der Waals surface area contributed by atoms with E-state index >= 15 is 0 Å². The van der Waals surface area contributed by atoms with E-state index in [1.165, 1.54) is 20.2 Å². The molecular formula is C14H23N2O9P. The maximum absolute atomic E-state index is 12.1. The first-order chi connectivity index (χ1) is 12.0. The molecule has 2 heterocycles. The molecule has 12 heteroatoms. The normalized spacial score (nSPS) is 27.8. The van der Waals surface area contributed by atoms with E-state index in [9.17, 15) is 14.2 Å². The van der Waals surface area contributed by atoms with Gasteiger partial charge < -0.3 is 24.0 Å². The molecule has 1 aliphatic rings. The molecule has 5 atom stereocenters. The van der Waals surface area contributed by atoms with E-state index in [1.54, 1.807) is 13.8 Å². The average molecular weight is 394 g/mol. The fourth-order valence-electron chi connectivity index (χ4n) is 2.89. The van der Waals surface area contributed by atoms with Crippen LogP contribution in [0.15, 0.2) is 21.9 Å². The van der Waals surface area contributed by atoms with Crippen LogP contribution >= 0.6 is 7.82 Å². The molecule has 1 aromatic rings. The van der Waals surface area contributed by atoms with Gasteiger partial charge in [-0.1, -0.05) is 0 Å². The quantitative estimate of drug-likeness (QED) is 0.532. The summed E-state index contributed by atoms with van der Waals surface area (Å²) in [5.41, 5.74) is -1.28. The van der Waals surface area contributed by atoms with Crippen LogP contribution in [0.25, 0.3) is 0 Å². The van der Waals surface area contributed by atoms with Crippen molar-refractivity contribution in [1.82, 2.24) is 9.55 Å². The first kappa shape index (κ1) is 21.0. The molecule has 11 nitrogen and oxygen atoms in total. The Kier molecular flexibility index (Phi) is 6.56. The Hall–Kier alpha value is -1.33. The van der Waals surface area contributed by atoms with E-state index in [0.717, 1.165) is 10.6 Å². The van der Waals surface area contributed by atoms with Gasteiger partial charge in [0.1, 0.15) is 18.3 Å². The van der Waals surface area contributed by atoms with Crippen LogP contribution in [0.2, 0.25) is 0 Å². The van der Waals surface area contributed by atoms with Gasteiger partial charge in [0, 0.05) is 19.4 Å². The minimum absolute atomic E-state index is 0.253. The number of nitrogens with zero attached hydrogens (tertiary/aromatic N) is 1. The van der Waals surface area contributed by atoms with Crippen LogP contribution in [-0.4, -0.2) is 57.0 Å². The number of aromatic nitrogens is 2. The molecule has 2 unspecified atom stereocenters. The number of ether oxygens (including phenoxy) is 3. The van der Waals surface area contributed by atoms with E-state index in [0.29, 0.717) is 0 Å². The van der Waals surface area contributed by atoms with Crippen LogP contribution in [0.4, 0.5) is 0 Å². The second-order valence-corrected chi connectivity index (χ2v) is 7.35. The van der Waals surface area contributed by atoms with Crippen molar-refractivity contribution >= 4 is 7.82 Å². The highest BCUT2D eigenvalue weighted by Crippen LogP contribution is 2.42. The Morgan fingerprint density at radius 1 is 1.27 bits per heavy atom. The van der Waals surface area contributed by atoms with Crippen LogP contribution in [0.1, 0.15) is 27.0 Å². The van der Waals surface area contributed by atoms with Crippen LogP contribution in [0, 0.1) is 0 Å². The first-order valence-electron chi connectivity index (χ1n) is 7.92. The van der Waals surface area contributed by atoms with Gasteiger partial charge >= 0.3 is 13.5 Å². The molecule has 1 aromatic heterocycles. The summed E-state index contributed by atoms with van der Waals surface area (Å²) in [7, 11) is -3.37. The Morgan fingerprint density at radius 2 is 1.92 bits per heavy atom. The molecule has 0 radical (unpaired) electrons. The molecule has 0 aromatic carbocycles. The third-order valence-corrected chi connectivity index (χ3v) is 4.43. The SMILES string of the molecule is COC1[C@@H](OC(C)C)[C@@H](C(C)OP(=O)(O)O)O[C@H]1n1ccc(=O)[nH]c1=O. The fraction of sp³-hybridized carbons (Fsp3) is 0.714. The smallest absolute Gasteiger partial charge is 0.374 e. The molecule has 1 aliphatic heterocycles. The largest absolute Gasteiger partial charge is 0.469 e. The summed E-state index contributed by atoms with van der Waals surface area (Å²) in [6, 6.07) is 1.15. The van der Waals surface area contributed by atoms with Gasteiger partial charge in [0.25, 0.3) is 5.56 Å². The third-order valence-electron chi connectivity index (χ3n) is 3.82. The molecule has 0 spiro atoms. The Morgan fingerprint density at radius 3 is 2.42 bits per heavy atom. The van der Waals surface area contributed by atoms with Crippen molar-refractivity contribution in [3.8, 4) is 0 Å². The van der Waals surface area contributed by atoms with Gasteiger partial charge in [-0.15, -0.1) is 0 Å². The van der Waals surface area contributed by atoms with Crippen molar-refractivity contribution in [2.45, 2.75) is 57.5 Å². The lowest BCUT2D eigenvalue weighted by Gasteiger charge is -2.28. The molecule has 1 saturated heterocycles. The average Bonchev–Trinajstić information content (AvgIpc) is 2.83. The second-order valence-electron chi connectivity index (χ2n) is 6.16. The van der Waals surface area contributed by atoms with Gasteiger partial charge in [-0.2, -0.15) is 0 Å². The number of H-pyrrole nitrogens is 1. The summed E-state index contributed by atoms with van der Waals surface area (Å²) in [6.45, 7) is 4.97. The van der Waals surface area contributed by atoms with Gasteiger partial charge in [-0.05, 0) is 20.8 Å². The summed E-state index contributed by atoms with van der Waals surface area (Å²) >= 11 is 0. The second kappa shape index (κ2) is 8.13. The van der Waals surface area contributed by atoms with Gasteiger partial charge in [0.05, 0.1) is 12.2 Å². The van der Waals surface area contributed by atoms with Crippen molar-refractivity contribution in [3.63, 3.8) is 0 Å².